The van der Waals surface area contributed by atoms with Crippen LogP contribution in [0.1, 0.15) is 12.3 Å². The Balaban J connectivity index is 2.24. The van der Waals surface area contributed by atoms with Crippen molar-refractivity contribution in [3.05, 3.63) is 30.2 Å². The van der Waals surface area contributed by atoms with Crippen LogP contribution in [-0.4, -0.2) is 23.9 Å². The number of nitrogens with two attached hydrogens (primary N) is 1. The van der Waals surface area contributed by atoms with E-state index in [1.165, 1.54) is 0 Å². The number of ether oxygens (including phenoxy) is 1. The Hall–Kier alpha value is -1.88. The van der Waals surface area contributed by atoms with Crippen molar-refractivity contribution in [1.29, 1.82) is 0 Å². The number of aromatic nitrogens is 2. The van der Waals surface area contributed by atoms with Crippen LogP contribution in [0.2, 0.25) is 0 Å². The monoisotopic (exact) mass is 233 g/mol. The molecule has 90 valence electrons. The van der Waals surface area contributed by atoms with Crippen LogP contribution in [0.25, 0.3) is 11.5 Å². The Morgan fingerprint density at radius 1 is 1.29 bits per heavy atom. The summed E-state index contributed by atoms with van der Waals surface area (Å²) in [6.45, 7) is 0.617. The Labute approximate surface area is 99.6 Å². The Morgan fingerprint density at radius 2 is 2.12 bits per heavy atom. The predicted octanol–water partition coefficient (Wildman–Crippen LogP) is 1.64. The third-order valence-corrected chi connectivity index (χ3v) is 2.40. The van der Waals surface area contributed by atoms with Gasteiger partial charge >= 0.3 is 0 Å². The lowest BCUT2D eigenvalue weighted by Crippen LogP contribution is -2.00. The van der Waals surface area contributed by atoms with Crippen LogP contribution < -0.4 is 10.5 Å². The molecule has 0 unspecified atom stereocenters. The zero-order valence-electron chi connectivity index (χ0n) is 9.72. The maximum absolute atomic E-state index is 5.56. The lowest BCUT2D eigenvalue weighted by Gasteiger charge is -2.03. The summed E-state index contributed by atoms with van der Waals surface area (Å²) in [4.78, 5) is 0. The number of hydrogen-bond donors (Lipinski definition) is 1. The van der Waals surface area contributed by atoms with Gasteiger partial charge in [0.15, 0.2) is 0 Å². The number of benzene rings is 1. The van der Waals surface area contributed by atoms with Gasteiger partial charge in [-0.15, -0.1) is 10.2 Å². The molecule has 1 aromatic heterocycles. The van der Waals surface area contributed by atoms with E-state index in [-0.39, 0.29) is 0 Å². The zero-order chi connectivity index (χ0) is 12.1. The second kappa shape index (κ2) is 5.45. The molecule has 2 aromatic rings. The van der Waals surface area contributed by atoms with Crippen LogP contribution in [0.5, 0.6) is 5.75 Å². The molecular formula is C12H15N3O2. The molecule has 1 aromatic carbocycles. The highest BCUT2D eigenvalue weighted by Crippen LogP contribution is 2.28. The largest absolute Gasteiger partial charge is 0.496 e. The maximum atomic E-state index is 5.56. The molecule has 0 atom stereocenters. The number of rotatable bonds is 5. The van der Waals surface area contributed by atoms with Gasteiger partial charge in [0.2, 0.25) is 5.89 Å². The van der Waals surface area contributed by atoms with E-state index < -0.39 is 0 Å². The molecule has 2 rings (SSSR count). The standard InChI is InChI=1S/C12H15N3O2/c1-16-10-6-3-2-5-9(10)12-15-14-11(17-12)7-4-8-13/h2-3,5-6H,4,7-8,13H2,1H3. The zero-order valence-corrected chi connectivity index (χ0v) is 9.72. The first-order chi connectivity index (χ1) is 8.35. The van der Waals surface area contributed by atoms with Crippen molar-refractivity contribution in [3.63, 3.8) is 0 Å². The Morgan fingerprint density at radius 3 is 2.88 bits per heavy atom. The van der Waals surface area contributed by atoms with Crippen LogP contribution in [0.3, 0.4) is 0 Å². The number of para-hydroxylation sites is 1. The van der Waals surface area contributed by atoms with Gasteiger partial charge in [-0.05, 0) is 25.1 Å². The lowest BCUT2D eigenvalue weighted by molar-refractivity contribution is 0.413. The molecule has 5 nitrogen and oxygen atoms in total. The summed E-state index contributed by atoms with van der Waals surface area (Å²) >= 11 is 0. The smallest absolute Gasteiger partial charge is 0.251 e. The van der Waals surface area contributed by atoms with Crippen molar-refractivity contribution in [2.75, 3.05) is 13.7 Å². The van der Waals surface area contributed by atoms with Crippen LogP contribution >= 0.6 is 0 Å². The third-order valence-electron chi connectivity index (χ3n) is 2.40. The summed E-state index contributed by atoms with van der Waals surface area (Å²) in [5.41, 5.74) is 6.24. The van der Waals surface area contributed by atoms with Crippen molar-refractivity contribution in [2.45, 2.75) is 12.8 Å². The van der Waals surface area contributed by atoms with E-state index in [0.29, 0.717) is 24.7 Å². The van der Waals surface area contributed by atoms with Crippen molar-refractivity contribution in [1.82, 2.24) is 10.2 Å². The van der Waals surface area contributed by atoms with Gasteiger partial charge in [-0.3, -0.25) is 0 Å². The SMILES string of the molecule is COc1ccccc1-c1nnc(CCCN)o1. The van der Waals surface area contributed by atoms with Crippen LogP contribution in [0, 0.1) is 0 Å². The molecule has 0 aliphatic heterocycles. The number of hydrogen-bond acceptors (Lipinski definition) is 5. The quantitative estimate of drug-likeness (QED) is 0.849. The predicted molar refractivity (Wildman–Crippen MR) is 63.7 cm³/mol. The lowest BCUT2D eigenvalue weighted by atomic mass is 10.2. The highest BCUT2D eigenvalue weighted by atomic mass is 16.5. The highest BCUT2D eigenvalue weighted by Gasteiger charge is 2.12. The fraction of sp³-hybridized carbons (Fsp3) is 0.333. The summed E-state index contributed by atoms with van der Waals surface area (Å²) in [6.07, 6.45) is 1.55. The van der Waals surface area contributed by atoms with E-state index in [9.17, 15) is 0 Å². The normalized spacial score (nSPS) is 10.5. The average Bonchev–Trinajstić information content (AvgIpc) is 2.85. The van der Waals surface area contributed by atoms with Crippen molar-refractivity contribution < 1.29 is 9.15 Å². The molecule has 0 spiro atoms. The second-order valence-electron chi connectivity index (χ2n) is 3.59. The number of nitrogens with zero attached hydrogens (tertiary/aromatic N) is 2. The van der Waals surface area contributed by atoms with E-state index >= 15 is 0 Å². The minimum Gasteiger partial charge on any atom is -0.496 e. The van der Waals surface area contributed by atoms with Gasteiger partial charge in [-0.1, -0.05) is 12.1 Å². The summed E-state index contributed by atoms with van der Waals surface area (Å²) in [7, 11) is 1.62. The Kier molecular flexibility index (Phi) is 3.72. The van der Waals surface area contributed by atoms with E-state index in [2.05, 4.69) is 10.2 Å². The minimum absolute atomic E-state index is 0.481. The molecule has 0 saturated heterocycles. The van der Waals surface area contributed by atoms with E-state index in [0.717, 1.165) is 17.7 Å². The molecule has 0 amide bonds. The molecule has 1 heterocycles. The molecule has 0 bridgehead atoms. The molecule has 2 N–H and O–H groups in total. The van der Waals surface area contributed by atoms with Gasteiger partial charge in [-0.25, -0.2) is 0 Å². The molecule has 0 saturated carbocycles. The van der Waals surface area contributed by atoms with E-state index in [4.69, 9.17) is 14.9 Å². The summed E-state index contributed by atoms with van der Waals surface area (Å²) in [5.74, 6) is 1.81. The summed E-state index contributed by atoms with van der Waals surface area (Å²) in [6, 6.07) is 7.55. The van der Waals surface area contributed by atoms with Gasteiger partial charge in [0.1, 0.15) is 5.75 Å². The van der Waals surface area contributed by atoms with Crippen molar-refractivity contribution in [3.8, 4) is 17.2 Å². The molecule has 0 aliphatic rings. The first-order valence-electron chi connectivity index (χ1n) is 5.51. The fourth-order valence-electron chi connectivity index (χ4n) is 1.54. The molecule has 0 radical (unpaired) electrons. The first kappa shape index (κ1) is 11.6. The highest BCUT2D eigenvalue weighted by molar-refractivity contribution is 5.62. The van der Waals surface area contributed by atoms with Gasteiger partial charge < -0.3 is 14.9 Å². The van der Waals surface area contributed by atoms with Crippen LogP contribution in [0.4, 0.5) is 0 Å². The number of aryl methyl sites for hydroxylation is 1. The van der Waals surface area contributed by atoms with Crippen molar-refractivity contribution >= 4 is 0 Å². The first-order valence-corrected chi connectivity index (χ1v) is 5.51. The molecule has 5 heteroatoms. The fourth-order valence-corrected chi connectivity index (χ4v) is 1.54. The summed E-state index contributed by atoms with van der Waals surface area (Å²) in [5, 5.41) is 7.99. The van der Waals surface area contributed by atoms with E-state index in [1.807, 2.05) is 24.3 Å². The summed E-state index contributed by atoms with van der Waals surface area (Å²) < 4.78 is 10.8. The van der Waals surface area contributed by atoms with Gasteiger partial charge in [-0.2, -0.15) is 0 Å². The third kappa shape index (κ3) is 2.62. The Bertz CT molecular complexity index is 482. The minimum atomic E-state index is 0.481. The van der Waals surface area contributed by atoms with Crippen LogP contribution in [-0.2, 0) is 6.42 Å². The van der Waals surface area contributed by atoms with Gasteiger partial charge in [0, 0.05) is 6.42 Å². The van der Waals surface area contributed by atoms with Crippen molar-refractivity contribution in [2.24, 2.45) is 5.73 Å². The van der Waals surface area contributed by atoms with E-state index in [1.54, 1.807) is 7.11 Å². The van der Waals surface area contributed by atoms with Gasteiger partial charge in [0.05, 0.1) is 12.7 Å². The topological polar surface area (TPSA) is 74.2 Å². The molecule has 17 heavy (non-hydrogen) atoms. The second-order valence-corrected chi connectivity index (χ2v) is 3.59. The molecule has 0 fully saturated rings. The maximum Gasteiger partial charge on any atom is 0.251 e. The van der Waals surface area contributed by atoms with Crippen LogP contribution in [0.15, 0.2) is 28.7 Å². The molecule has 0 aliphatic carbocycles. The average molecular weight is 233 g/mol. The van der Waals surface area contributed by atoms with Gasteiger partial charge in [0.25, 0.3) is 5.89 Å². The number of methoxy groups -OCH3 is 1. The molecular weight excluding hydrogens is 218 g/mol.